The third kappa shape index (κ3) is 4.66. The molecule has 2 aromatic heterocycles. The van der Waals surface area contributed by atoms with Gasteiger partial charge in [-0.2, -0.15) is 0 Å². The van der Waals surface area contributed by atoms with Crippen LogP contribution in [-0.4, -0.2) is 57.3 Å². The van der Waals surface area contributed by atoms with E-state index in [1.807, 2.05) is 68.6 Å². The number of fused-ring (bicyclic) bond motifs is 1. The molecule has 0 spiro atoms. The van der Waals surface area contributed by atoms with Gasteiger partial charge < -0.3 is 9.72 Å². The Morgan fingerprint density at radius 2 is 1.76 bits per heavy atom. The molecule has 1 N–H and O–H groups in total. The van der Waals surface area contributed by atoms with Gasteiger partial charge in [-0.3, -0.25) is 14.6 Å². The second-order valence-corrected chi connectivity index (χ2v) is 7.83. The average molecular weight is 392 g/mol. The van der Waals surface area contributed by atoms with Crippen LogP contribution in [0, 0.1) is 0 Å². The minimum absolute atomic E-state index is 0.0162. The quantitative estimate of drug-likeness (QED) is 0.702. The van der Waals surface area contributed by atoms with Crippen molar-refractivity contribution in [1.82, 2.24) is 24.5 Å². The maximum atomic E-state index is 12.7. The van der Waals surface area contributed by atoms with Crippen molar-refractivity contribution in [2.45, 2.75) is 32.5 Å². The number of hydrogen-bond acceptors (Lipinski definition) is 4. The molecule has 0 saturated carbocycles. The van der Waals surface area contributed by atoms with Crippen LogP contribution in [0.1, 0.15) is 31.1 Å². The molecule has 0 radical (unpaired) electrons. The van der Waals surface area contributed by atoms with E-state index in [0.717, 1.165) is 49.6 Å². The Labute approximate surface area is 172 Å². The standard InChI is InChI=1S/C23H29N5O/c1-18(20-8-4-3-5-9-20)24-23(29)19(2)27-14-12-26(13-15-27)16-21-17-28-11-7-6-10-22(28)25-21/h3-11,17-19H,12-16H2,1-2H3,(H,24,29). The summed E-state index contributed by atoms with van der Waals surface area (Å²) in [6.07, 6.45) is 4.13. The number of aromatic nitrogens is 2. The van der Waals surface area contributed by atoms with E-state index in [4.69, 9.17) is 4.98 Å². The Morgan fingerprint density at radius 3 is 2.48 bits per heavy atom. The molecule has 1 aliphatic rings. The lowest BCUT2D eigenvalue weighted by Crippen LogP contribution is -2.53. The van der Waals surface area contributed by atoms with Gasteiger partial charge in [0.25, 0.3) is 0 Å². The smallest absolute Gasteiger partial charge is 0.237 e. The third-order valence-electron chi connectivity index (χ3n) is 5.79. The van der Waals surface area contributed by atoms with Crippen molar-refractivity contribution in [3.8, 4) is 0 Å². The van der Waals surface area contributed by atoms with E-state index in [1.165, 1.54) is 0 Å². The lowest BCUT2D eigenvalue weighted by molar-refractivity contribution is -0.127. The first-order valence-electron chi connectivity index (χ1n) is 10.3. The normalized spacial score (nSPS) is 17.9. The first-order valence-corrected chi connectivity index (χ1v) is 10.3. The zero-order chi connectivity index (χ0) is 20.2. The van der Waals surface area contributed by atoms with Crippen molar-refractivity contribution in [1.29, 1.82) is 0 Å². The first-order chi connectivity index (χ1) is 14.1. The van der Waals surface area contributed by atoms with E-state index in [1.54, 1.807) is 0 Å². The second kappa shape index (κ2) is 8.76. The van der Waals surface area contributed by atoms with Gasteiger partial charge in [-0.1, -0.05) is 36.4 Å². The van der Waals surface area contributed by atoms with Gasteiger partial charge in [0, 0.05) is 45.1 Å². The molecule has 6 heteroatoms. The number of imidazole rings is 1. The van der Waals surface area contributed by atoms with Crippen molar-refractivity contribution >= 4 is 11.6 Å². The van der Waals surface area contributed by atoms with Crippen LogP contribution >= 0.6 is 0 Å². The Hall–Kier alpha value is -2.70. The van der Waals surface area contributed by atoms with Gasteiger partial charge in [-0.15, -0.1) is 0 Å². The minimum Gasteiger partial charge on any atom is -0.348 e. The Kier molecular flexibility index (Phi) is 5.92. The van der Waals surface area contributed by atoms with Crippen LogP contribution in [0.15, 0.2) is 60.9 Å². The monoisotopic (exact) mass is 391 g/mol. The van der Waals surface area contributed by atoms with Gasteiger partial charge in [-0.25, -0.2) is 4.98 Å². The molecular formula is C23H29N5O. The largest absolute Gasteiger partial charge is 0.348 e. The molecule has 2 atom stereocenters. The molecule has 1 aromatic carbocycles. The molecule has 1 aliphatic heterocycles. The Morgan fingerprint density at radius 1 is 1.03 bits per heavy atom. The predicted molar refractivity (Wildman–Crippen MR) is 115 cm³/mol. The molecule has 152 valence electrons. The van der Waals surface area contributed by atoms with E-state index in [2.05, 4.69) is 25.7 Å². The molecule has 1 saturated heterocycles. The summed E-state index contributed by atoms with van der Waals surface area (Å²) in [5, 5.41) is 3.15. The number of piperazine rings is 1. The highest BCUT2D eigenvalue weighted by molar-refractivity contribution is 5.81. The third-order valence-corrected chi connectivity index (χ3v) is 5.79. The van der Waals surface area contributed by atoms with Crippen LogP contribution in [0.4, 0.5) is 0 Å². The Balaban J connectivity index is 1.27. The predicted octanol–water partition coefficient (Wildman–Crippen LogP) is 2.72. The molecule has 6 nitrogen and oxygen atoms in total. The van der Waals surface area contributed by atoms with E-state index in [-0.39, 0.29) is 18.0 Å². The maximum absolute atomic E-state index is 12.7. The fraction of sp³-hybridized carbons (Fsp3) is 0.391. The summed E-state index contributed by atoms with van der Waals surface area (Å²) in [5.41, 5.74) is 3.21. The molecule has 3 aromatic rings. The van der Waals surface area contributed by atoms with Crippen LogP contribution in [0.2, 0.25) is 0 Å². The van der Waals surface area contributed by atoms with Crippen LogP contribution in [0.25, 0.3) is 5.65 Å². The summed E-state index contributed by atoms with van der Waals surface area (Å²) < 4.78 is 2.06. The highest BCUT2D eigenvalue weighted by Gasteiger charge is 2.26. The van der Waals surface area contributed by atoms with Gasteiger partial charge in [0.15, 0.2) is 0 Å². The number of amides is 1. The summed E-state index contributed by atoms with van der Waals surface area (Å²) in [6, 6.07) is 16.0. The summed E-state index contributed by atoms with van der Waals surface area (Å²) in [6.45, 7) is 8.56. The van der Waals surface area contributed by atoms with Crippen molar-refractivity contribution < 1.29 is 4.79 Å². The van der Waals surface area contributed by atoms with E-state index >= 15 is 0 Å². The van der Waals surface area contributed by atoms with Crippen molar-refractivity contribution in [2.75, 3.05) is 26.2 Å². The topological polar surface area (TPSA) is 52.9 Å². The summed E-state index contributed by atoms with van der Waals surface area (Å²) in [4.78, 5) is 22.1. The SMILES string of the molecule is CC(NC(=O)C(C)N1CCN(Cc2cn3ccccc3n2)CC1)c1ccccc1. The Bertz CT molecular complexity index is 913. The number of benzene rings is 1. The second-order valence-electron chi connectivity index (χ2n) is 7.83. The molecular weight excluding hydrogens is 362 g/mol. The summed E-state index contributed by atoms with van der Waals surface area (Å²) >= 11 is 0. The number of carbonyl (C=O) groups is 1. The van der Waals surface area contributed by atoms with Gasteiger partial charge in [0.05, 0.1) is 17.8 Å². The fourth-order valence-corrected chi connectivity index (χ4v) is 3.93. The zero-order valence-corrected chi connectivity index (χ0v) is 17.2. The van der Waals surface area contributed by atoms with Crippen LogP contribution in [0.5, 0.6) is 0 Å². The van der Waals surface area contributed by atoms with E-state index in [0.29, 0.717) is 0 Å². The summed E-state index contributed by atoms with van der Waals surface area (Å²) in [5.74, 6) is 0.0927. The number of nitrogens with one attached hydrogen (secondary N) is 1. The molecule has 3 heterocycles. The fourth-order valence-electron chi connectivity index (χ4n) is 3.93. The van der Waals surface area contributed by atoms with Gasteiger partial charge in [0.1, 0.15) is 5.65 Å². The molecule has 1 fully saturated rings. The van der Waals surface area contributed by atoms with Crippen molar-refractivity contribution in [3.63, 3.8) is 0 Å². The number of rotatable bonds is 6. The summed E-state index contributed by atoms with van der Waals surface area (Å²) in [7, 11) is 0. The van der Waals surface area contributed by atoms with Gasteiger partial charge >= 0.3 is 0 Å². The molecule has 29 heavy (non-hydrogen) atoms. The van der Waals surface area contributed by atoms with Crippen molar-refractivity contribution in [2.24, 2.45) is 0 Å². The van der Waals surface area contributed by atoms with Gasteiger partial charge in [-0.05, 0) is 31.5 Å². The van der Waals surface area contributed by atoms with Crippen LogP contribution < -0.4 is 5.32 Å². The molecule has 4 rings (SSSR count). The lowest BCUT2D eigenvalue weighted by Gasteiger charge is -2.37. The van der Waals surface area contributed by atoms with Crippen LogP contribution in [-0.2, 0) is 11.3 Å². The van der Waals surface area contributed by atoms with Gasteiger partial charge in [0.2, 0.25) is 5.91 Å². The molecule has 2 unspecified atom stereocenters. The van der Waals surface area contributed by atoms with Crippen molar-refractivity contribution in [3.05, 3.63) is 72.2 Å². The molecule has 0 bridgehead atoms. The zero-order valence-electron chi connectivity index (χ0n) is 17.2. The highest BCUT2D eigenvalue weighted by atomic mass is 16.2. The van der Waals surface area contributed by atoms with E-state index in [9.17, 15) is 4.79 Å². The molecule has 0 aliphatic carbocycles. The van der Waals surface area contributed by atoms with Crippen LogP contribution in [0.3, 0.4) is 0 Å². The lowest BCUT2D eigenvalue weighted by atomic mass is 10.1. The average Bonchev–Trinajstić information content (AvgIpc) is 3.16. The first kappa shape index (κ1) is 19.6. The number of hydrogen-bond donors (Lipinski definition) is 1. The number of carbonyl (C=O) groups excluding carboxylic acids is 1. The minimum atomic E-state index is -0.126. The maximum Gasteiger partial charge on any atom is 0.237 e. The number of pyridine rings is 1. The molecule has 1 amide bonds. The highest BCUT2D eigenvalue weighted by Crippen LogP contribution is 2.14. The number of nitrogens with zero attached hydrogens (tertiary/aromatic N) is 4. The van der Waals surface area contributed by atoms with E-state index < -0.39 is 0 Å².